The molecular formula is C18H17N3O2S. The first kappa shape index (κ1) is 15.0. The highest BCUT2D eigenvalue weighted by atomic mass is 32.1. The highest BCUT2D eigenvalue weighted by molar-refractivity contribution is 7.07. The van der Waals surface area contributed by atoms with Crippen molar-refractivity contribution in [2.45, 2.75) is 20.5 Å². The van der Waals surface area contributed by atoms with Crippen LogP contribution in [0.1, 0.15) is 17.1 Å². The molecule has 0 radical (unpaired) electrons. The molecular weight excluding hydrogens is 322 g/mol. The van der Waals surface area contributed by atoms with E-state index in [0.717, 1.165) is 16.2 Å². The molecule has 0 aliphatic carbocycles. The minimum Gasteiger partial charge on any atom is -0.462 e. The summed E-state index contributed by atoms with van der Waals surface area (Å²) in [5.41, 5.74) is 2.25. The Labute approximate surface area is 142 Å². The van der Waals surface area contributed by atoms with Gasteiger partial charge in [0.1, 0.15) is 24.9 Å². The van der Waals surface area contributed by atoms with Gasteiger partial charge in [0.25, 0.3) is 5.56 Å². The molecule has 1 aliphatic heterocycles. The van der Waals surface area contributed by atoms with Gasteiger partial charge in [-0.05, 0) is 43.7 Å². The fourth-order valence-electron chi connectivity index (χ4n) is 2.76. The van der Waals surface area contributed by atoms with Crippen molar-refractivity contribution < 1.29 is 4.42 Å². The number of rotatable bonds is 2. The molecule has 0 saturated carbocycles. The first-order chi connectivity index (χ1) is 11.6. The average molecular weight is 339 g/mol. The van der Waals surface area contributed by atoms with Crippen LogP contribution < -0.4 is 19.8 Å². The van der Waals surface area contributed by atoms with Crippen molar-refractivity contribution in [3.8, 4) is 0 Å². The fraction of sp³-hybridized carbons (Fsp3) is 0.222. The summed E-state index contributed by atoms with van der Waals surface area (Å²) in [6, 6.07) is 12.0. The number of anilines is 1. The van der Waals surface area contributed by atoms with Crippen LogP contribution in [-0.2, 0) is 6.67 Å². The maximum absolute atomic E-state index is 12.7. The lowest BCUT2D eigenvalue weighted by molar-refractivity contribution is 0.524. The average Bonchev–Trinajstić information content (AvgIpc) is 3.11. The third kappa shape index (κ3) is 2.69. The molecule has 4 rings (SSSR count). The second-order valence-electron chi connectivity index (χ2n) is 5.89. The van der Waals surface area contributed by atoms with Crippen LogP contribution >= 0.6 is 11.3 Å². The summed E-state index contributed by atoms with van der Waals surface area (Å²) in [6.45, 7) is 5.02. The molecule has 0 saturated heterocycles. The monoisotopic (exact) mass is 339 g/mol. The lowest BCUT2D eigenvalue weighted by atomic mass is 10.2. The Kier molecular flexibility index (Phi) is 3.61. The van der Waals surface area contributed by atoms with Crippen LogP contribution in [0.3, 0.4) is 0 Å². The number of hydrogen-bond donors (Lipinski definition) is 0. The van der Waals surface area contributed by atoms with E-state index in [-0.39, 0.29) is 5.56 Å². The predicted molar refractivity (Wildman–Crippen MR) is 94.9 cm³/mol. The van der Waals surface area contributed by atoms with Crippen LogP contribution in [0.5, 0.6) is 0 Å². The van der Waals surface area contributed by atoms with Crippen molar-refractivity contribution in [2.75, 3.05) is 11.6 Å². The van der Waals surface area contributed by atoms with E-state index in [0.29, 0.717) is 23.6 Å². The molecule has 0 fully saturated rings. The Morgan fingerprint density at radius 3 is 2.88 bits per heavy atom. The molecule has 3 aromatic rings. The molecule has 6 heteroatoms. The van der Waals surface area contributed by atoms with E-state index < -0.39 is 0 Å². The van der Waals surface area contributed by atoms with E-state index in [1.807, 2.05) is 31.2 Å². The molecule has 0 unspecified atom stereocenters. The quantitative estimate of drug-likeness (QED) is 0.718. The van der Waals surface area contributed by atoms with Crippen LogP contribution in [0, 0.1) is 13.8 Å². The third-order valence-corrected chi connectivity index (χ3v) is 5.02. The zero-order chi connectivity index (χ0) is 16.7. The number of nitrogens with zero attached hydrogens (tertiary/aromatic N) is 3. The molecule has 0 N–H and O–H groups in total. The van der Waals surface area contributed by atoms with E-state index in [1.165, 1.54) is 16.9 Å². The molecule has 24 heavy (non-hydrogen) atoms. The summed E-state index contributed by atoms with van der Waals surface area (Å²) in [6.07, 6.45) is 1.79. The summed E-state index contributed by atoms with van der Waals surface area (Å²) < 4.78 is 7.91. The molecule has 0 bridgehead atoms. The molecule has 122 valence electrons. The van der Waals surface area contributed by atoms with Gasteiger partial charge in [-0.15, -0.1) is 0 Å². The zero-order valence-corrected chi connectivity index (χ0v) is 14.3. The lowest BCUT2D eigenvalue weighted by Gasteiger charge is -2.25. The number of fused-ring (bicyclic) bond motifs is 1. The van der Waals surface area contributed by atoms with Gasteiger partial charge in [0.05, 0.1) is 4.53 Å². The molecule has 3 heterocycles. The standard InChI is InChI=1S/C18H17N3O2S/c1-12-4-3-5-14(8-12)20-10-19-18-21(11-20)17(22)16(24-18)9-15-7-6-13(2)23-15/h3-9H,10-11H2,1-2H3/b16-9-. The van der Waals surface area contributed by atoms with Crippen molar-refractivity contribution in [2.24, 2.45) is 4.99 Å². The first-order valence-electron chi connectivity index (χ1n) is 7.74. The van der Waals surface area contributed by atoms with Gasteiger partial charge in [-0.2, -0.15) is 0 Å². The highest BCUT2D eigenvalue weighted by Crippen LogP contribution is 2.17. The molecule has 1 aromatic carbocycles. The summed E-state index contributed by atoms with van der Waals surface area (Å²) in [7, 11) is 0. The van der Waals surface area contributed by atoms with Crippen LogP contribution in [-0.4, -0.2) is 11.2 Å². The van der Waals surface area contributed by atoms with E-state index >= 15 is 0 Å². The normalized spacial score (nSPS) is 14.6. The Hall–Kier alpha value is -2.60. The lowest BCUT2D eigenvalue weighted by Crippen LogP contribution is -2.42. The first-order valence-corrected chi connectivity index (χ1v) is 8.56. The van der Waals surface area contributed by atoms with Crippen LogP contribution in [0.15, 0.2) is 50.6 Å². The Balaban J connectivity index is 1.73. The number of aryl methyl sites for hydroxylation is 2. The summed E-state index contributed by atoms with van der Waals surface area (Å²) in [5, 5.41) is 0. The fourth-order valence-corrected chi connectivity index (χ4v) is 3.70. The predicted octanol–water partition coefficient (Wildman–Crippen LogP) is 2.00. The van der Waals surface area contributed by atoms with Crippen molar-refractivity contribution in [3.63, 3.8) is 0 Å². The topological polar surface area (TPSA) is 50.7 Å². The number of aromatic nitrogens is 1. The Bertz CT molecular complexity index is 1070. The van der Waals surface area contributed by atoms with E-state index in [4.69, 9.17) is 4.42 Å². The molecule has 2 aromatic heterocycles. The summed E-state index contributed by atoms with van der Waals surface area (Å²) in [5.74, 6) is 1.53. The summed E-state index contributed by atoms with van der Waals surface area (Å²) >= 11 is 1.41. The van der Waals surface area contributed by atoms with Crippen LogP contribution in [0.25, 0.3) is 6.08 Å². The highest BCUT2D eigenvalue weighted by Gasteiger charge is 2.16. The number of furan rings is 1. The van der Waals surface area contributed by atoms with Crippen molar-refractivity contribution >= 4 is 23.1 Å². The largest absolute Gasteiger partial charge is 0.462 e. The van der Waals surface area contributed by atoms with Crippen LogP contribution in [0.4, 0.5) is 5.69 Å². The minimum absolute atomic E-state index is 0.0230. The Morgan fingerprint density at radius 1 is 1.25 bits per heavy atom. The Morgan fingerprint density at radius 2 is 2.12 bits per heavy atom. The van der Waals surface area contributed by atoms with E-state index in [1.54, 1.807) is 10.6 Å². The van der Waals surface area contributed by atoms with Gasteiger partial charge in [0, 0.05) is 11.8 Å². The SMILES string of the molecule is Cc1cccc(N2CN=c3s/c(=C\c4ccc(C)o4)c(=O)n3C2)c1. The summed E-state index contributed by atoms with van der Waals surface area (Å²) in [4.78, 5) is 20.1. The van der Waals surface area contributed by atoms with Crippen molar-refractivity contribution in [1.82, 2.24) is 4.57 Å². The zero-order valence-electron chi connectivity index (χ0n) is 13.5. The van der Waals surface area contributed by atoms with E-state index in [2.05, 4.69) is 28.9 Å². The van der Waals surface area contributed by atoms with Crippen LogP contribution in [0.2, 0.25) is 0 Å². The second kappa shape index (κ2) is 5.79. The number of hydrogen-bond acceptors (Lipinski definition) is 5. The van der Waals surface area contributed by atoms with Gasteiger partial charge in [-0.25, -0.2) is 4.99 Å². The minimum atomic E-state index is -0.0230. The molecule has 0 amide bonds. The third-order valence-electron chi connectivity index (χ3n) is 3.98. The van der Waals surface area contributed by atoms with Gasteiger partial charge in [-0.3, -0.25) is 9.36 Å². The molecule has 1 aliphatic rings. The van der Waals surface area contributed by atoms with Gasteiger partial charge in [0.2, 0.25) is 0 Å². The second-order valence-corrected chi connectivity index (χ2v) is 6.90. The number of thiazole rings is 1. The molecule has 5 nitrogen and oxygen atoms in total. The van der Waals surface area contributed by atoms with Gasteiger partial charge in [0.15, 0.2) is 4.80 Å². The smallest absolute Gasteiger partial charge is 0.271 e. The number of benzene rings is 1. The van der Waals surface area contributed by atoms with Crippen molar-refractivity contribution in [1.29, 1.82) is 0 Å². The maximum Gasteiger partial charge on any atom is 0.271 e. The van der Waals surface area contributed by atoms with Crippen molar-refractivity contribution in [3.05, 3.63) is 73.2 Å². The van der Waals surface area contributed by atoms with Gasteiger partial charge in [-0.1, -0.05) is 23.5 Å². The molecule has 0 atom stereocenters. The maximum atomic E-state index is 12.7. The van der Waals surface area contributed by atoms with Gasteiger partial charge >= 0.3 is 0 Å². The van der Waals surface area contributed by atoms with Gasteiger partial charge < -0.3 is 9.32 Å². The molecule has 0 spiro atoms. The van der Waals surface area contributed by atoms with E-state index in [9.17, 15) is 4.79 Å².